The molecule has 0 aliphatic carbocycles. The summed E-state index contributed by atoms with van der Waals surface area (Å²) in [6.45, 7) is 4.03. The zero-order valence-electron chi connectivity index (χ0n) is 48.8. The predicted molar refractivity (Wildman–Crippen MR) is 308 cm³/mol. The fourth-order valence-corrected chi connectivity index (χ4v) is 10.9. The number of carbonyl (C=O) groups is 8. The van der Waals surface area contributed by atoms with Crippen molar-refractivity contribution < 1.29 is 103 Å². The number of aliphatic hydroxyl groups excluding tert-OH is 8. The average molecular weight is 1310 g/mol. The molecule has 496 valence electrons. The lowest BCUT2D eigenvalue weighted by Gasteiger charge is -2.47. The van der Waals surface area contributed by atoms with Crippen LogP contribution in [-0.2, 0) is 54.1 Å². The van der Waals surface area contributed by atoms with Crippen LogP contribution in [0.25, 0.3) is 10.7 Å². The number of ether oxygens (including phenoxy) is 5. The summed E-state index contributed by atoms with van der Waals surface area (Å²) in [7, 11) is 0. The number of thiazole rings is 2. The molecule has 24 N–H and O–H groups in total. The molecule has 39 heteroatoms. The van der Waals surface area contributed by atoms with Gasteiger partial charge >= 0.3 is 6.09 Å². The fraction of sp³-hybridized carbons (Fsp3) is 0.588. The van der Waals surface area contributed by atoms with E-state index in [1.54, 1.807) is 10.8 Å². The van der Waals surface area contributed by atoms with Crippen LogP contribution in [-0.4, -0.2) is 242 Å². The third-order valence-electron chi connectivity index (χ3n) is 14.4. The second-order valence-electron chi connectivity index (χ2n) is 21.1. The van der Waals surface area contributed by atoms with E-state index in [0.29, 0.717) is 21.4 Å². The molecule has 2 aliphatic rings. The largest absolute Gasteiger partial charge is 0.441 e. The van der Waals surface area contributed by atoms with Crippen molar-refractivity contribution in [2.45, 2.75) is 157 Å². The van der Waals surface area contributed by atoms with Gasteiger partial charge in [-0.15, -0.1) is 22.7 Å². The number of ketones is 1. The SMILES string of the molecule is CC(=O)c1csc(-c2csc(CCNC(=O)C(NC(=O)C(C)C(O)C(C)NC(=O)C(NC(=O)c3nc(C(CC(N)=O)NCC(N)C(N)=O)nc(N)c3C)C(OC3OC(CO)C(O)C(O)C3OC3OC(CO)C(O)C(OC(N)=O)C3O)c3c[nH]cn3)C(C)O)n2)n1. The lowest BCUT2D eigenvalue weighted by Crippen LogP contribution is -2.65. The van der Waals surface area contributed by atoms with E-state index < -0.39 is 183 Å². The van der Waals surface area contributed by atoms with Crippen molar-refractivity contribution in [2.24, 2.45) is 28.9 Å². The molecular formula is C51H74N16O21S2. The van der Waals surface area contributed by atoms with Gasteiger partial charge in [-0.1, -0.05) is 6.92 Å². The number of aliphatic hydroxyl groups is 8. The highest BCUT2D eigenvalue weighted by molar-refractivity contribution is 7.14. The van der Waals surface area contributed by atoms with Gasteiger partial charge in [-0.2, -0.15) is 0 Å². The summed E-state index contributed by atoms with van der Waals surface area (Å²) >= 11 is 2.51. The Bertz CT molecular complexity index is 3140. The number of aromatic amines is 1. The molecule has 7 amide bonds. The summed E-state index contributed by atoms with van der Waals surface area (Å²) in [6.07, 6.45) is -25.0. The Kier molecular flexibility index (Phi) is 25.5. The Morgan fingerprint density at radius 2 is 1.48 bits per heavy atom. The summed E-state index contributed by atoms with van der Waals surface area (Å²) in [4.78, 5) is 129. The van der Waals surface area contributed by atoms with Crippen LogP contribution in [0.5, 0.6) is 0 Å². The molecule has 2 saturated heterocycles. The number of nitrogens with zero attached hydrogens (tertiary/aromatic N) is 5. The van der Waals surface area contributed by atoms with E-state index in [1.165, 1.54) is 57.3 Å². The lowest BCUT2D eigenvalue weighted by atomic mass is 9.96. The second-order valence-corrected chi connectivity index (χ2v) is 22.9. The molecule has 4 aromatic heterocycles. The van der Waals surface area contributed by atoms with Crippen LogP contribution >= 0.6 is 22.7 Å². The number of amides is 7. The van der Waals surface area contributed by atoms with E-state index in [1.807, 2.05) is 0 Å². The van der Waals surface area contributed by atoms with Gasteiger partial charge in [-0.3, -0.25) is 33.6 Å². The van der Waals surface area contributed by atoms with Crippen molar-refractivity contribution in [1.82, 2.24) is 56.5 Å². The number of rotatable bonds is 31. The Hall–Kier alpha value is -7.45. The average Bonchev–Trinajstić information content (AvgIpc) is 1.00. The highest BCUT2D eigenvalue weighted by atomic mass is 32.1. The van der Waals surface area contributed by atoms with E-state index in [9.17, 15) is 74.4 Å². The van der Waals surface area contributed by atoms with E-state index >= 15 is 4.79 Å². The van der Waals surface area contributed by atoms with Gasteiger partial charge < -0.3 is 125 Å². The maximum atomic E-state index is 15.1. The quantitative estimate of drug-likeness (QED) is 0.0208. The number of Topliss-reactive ketones (excluding diaryl/α,β-unsaturated/α-hetero) is 1. The smallest absolute Gasteiger partial charge is 0.404 e. The van der Waals surface area contributed by atoms with Gasteiger partial charge in [0.2, 0.25) is 29.5 Å². The van der Waals surface area contributed by atoms with Crippen LogP contribution < -0.4 is 55.3 Å². The molecule has 90 heavy (non-hydrogen) atoms. The van der Waals surface area contributed by atoms with Crippen LogP contribution in [0, 0.1) is 12.8 Å². The van der Waals surface area contributed by atoms with Crippen molar-refractivity contribution in [2.75, 3.05) is 32.0 Å². The standard InChI is InChI=1S/C51H74N16O21S2/c1-16-30(64-43(67-41(16)54)22(8-28(53)72)59-9-21(52)42(55)78)46(81)66-32(38(23-10-57-15-60-23)86-50-40(36(76)34(74)26(11-68)85-50)87-49-37(77)39(88-51(56)83)35(75)27(12-69)84-49)47(82)61-18(3)33(73)17(2)44(79)65-31(20(5)71)45(80)58-7-6-29-62-25(14-89-29)48-63-24(13-90-48)19(4)70/h10,13-15,17-18,20-22,26-27,31-40,49-50,59,68-69,71,73-77H,6-9,11-12,52H2,1-5H3,(H2,53,72)(H2,55,78)(H2,56,83)(H,57,60)(H,58,80)(H,61,82)(H,65,79)(H,66,81)(H2,54,64,67). The minimum absolute atomic E-state index is 0.00278. The molecule has 0 saturated carbocycles. The predicted octanol–water partition coefficient (Wildman–Crippen LogP) is -7.50. The summed E-state index contributed by atoms with van der Waals surface area (Å²) in [5.41, 5.74) is 28.0. The Labute approximate surface area is 519 Å². The number of aromatic nitrogens is 6. The molecule has 0 spiro atoms. The van der Waals surface area contributed by atoms with E-state index in [4.69, 9.17) is 52.4 Å². The van der Waals surface area contributed by atoms with E-state index in [2.05, 4.69) is 56.5 Å². The van der Waals surface area contributed by atoms with Gasteiger partial charge in [0, 0.05) is 55.4 Å². The van der Waals surface area contributed by atoms with Gasteiger partial charge in [0.15, 0.2) is 24.5 Å². The molecule has 0 radical (unpaired) electrons. The molecular weight excluding hydrogens is 1240 g/mol. The normalized spacial score (nSPS) is 24.8. The Morgan fingerprint density at radius 3 is 2.08 bits per heavy atom. The van der Waals surface area contributed by atoms with Crippen LogP contribution in [0.4, 0.5) is 10.6 Å². The first kappa shape index (κ1) is 71.6. The summed E-state index contributed by atoms with van der Waals surface area (Å²) in [5.74, 6) is -8.59. The molecule has 37 nitrogen and oxygen atoms in total. The number of hydrogen-bond donors (Lipinski definition) is 19. The number of hydrogen-bond acceptors (Lipinski definition) is 31. The molecule has 19 atom stereocenters. The molecule has 19 unspecified atom stereocenters. The van der Waals surface area contributed by atoms with Crippen molar-refractivity contribution >= 4 is 75.8 Å². The summed E-state index contributed by atoms with van der Waals surface area (Å²) in [5, 5.41) is 105. The second kappa shape index (κ2) is 32.0. The molecule has 4 aromatic rings. The van der Waals surface area contributed by atoms with Crippen molar-refractivity contribution in [3.05, 3.63) is 56.8 Å². The monoisotopic (exact) mass is 1310 g/mol. The van der Waals surface area contributed by atoms with Gasteiger partial charge in [0.1, 0.15) is 94.6 Å². The molecule has 2 aliphatic heterocycles. The molecule has 6 rings (SSSR count). The number of anilines is 1. The number of nitrogen functional groups attached to an aromatic ring is 1. The zero-order valence-corrected chi connectivity index (χ0v) is 50.5. The molecule has 2 fully saturated rings. The maximum absolute atomic E-state index is 15.1. The molecule has 6 heterocycles. The Morgan fingerprint density at radius 1 is 0.800 bits per heavy atom. The highest BCUT2D eigenvalue weighted by Crippen LogP contribution is 2.35. The maximum Gasteiger partial charge on any atom is 0.404 e. The van der Waals surface area contributed by atoms with Crippen LogP contribution in [0.1, 0.15) is 89.3 Å². The van der Waals surface area contributed by atoms with E-state index in [0.717, 1.165) is 12.5 Å². The number of carbonyl (C=O) groups excluding carboxylic acids is 8. The Balaban J connectivity index is 1.31. The highest BCUT2D eigenvalue weighted by Gasteiger charge is 2.54. The van der Waals surface area contributed by atoms with Crippen molar-refractivity contribution in [3.8, 4) is 10.7 Å². The summed E-state index contributed by atoms with van der Waals surface area (Å²) in [6, 6.07) is -7.84. The van der Waals surface area contributed by atoms with Gasteiger partial charge in [0.25, 0.3) is 5.91 Å². The van der Waals surface area contributed by atoms with Crippen molar-refractivity contribution in [1.29, 1.82) is 0 Å². The molecule has 0 aromatic carbocycles. The first-order valence-corrected chi connectivity index (χ1v) is 29.4. The van der Waals surface area contributed by atoms with Gasteiger partial charge in [-0.05, 0) is 20.8 Å². The van der Waals surface area contributed by atoms with Crippen LogP contribution in [0.2, 0.25) is 0 Å². The topological polar surface area (TPSA) is 615 Å². The zero-order chi connectivity index (χ0) is 66.6. The summed E-state index contributed by atoms with van der Waals surface area (Å²) < 4.78 is 28.7. The number of primary amides is 3. The third kappa shape index (κ3) is 17.9. The number of nitrogens with two attached hydrogens (primary N) is 5. The molecule has 0 bridgehead atoms. The lowest BCUT2D eigenvalue weighted by molar-refractivity contribution is -0.372. The van der Waals surface area contributed by atoms with E-state index in [-0.39, 0.29) is 48.2 Å². The van der Waals surface area contributed by atoms with Crippen LogP contribution in [0.3, 0.4) is 0 Å². The third-order valence-corrected chi connectivity index (χ3v) is 16.2. The minimum Gasteiger partial charge on any atom is -0.441 e. The first-order valence-electron chi connectivity index (χ1n) is 27.6. The van der Waals surface area contributed by atoms with Gasteiger partial charge in [-0.25, -0.2) is 29.7 Å². The van der Waals surface area contributed by atoms with Gasteiger partial charge in [0.05, 0.1) is 66.5 Å². The van der Waals surface area contributed by atoms with Crippen LogP contribution in [0.15, 0.2) is 23.3 Å². The van der Waals surface area contributed by atoms with Crippen molar-refractivity contribution in [3.63, 3.8) is 0 Å². The number of imidazole rings is 1. The number of nitrogens with one attached hydrogen (secondary N) is 6. The fourth-order valence-electron chi connectivity index (χ4n) is 9.20. The first-order chi connectivity index (χ1) is 42.5. The number of H-pyrrole nitrogens is 1. The minimum atomic E-state index is -2.20.